The number of imide groups is 1. The van der Waals surface area contributed by atoms with Gasteiger partial charge < -0.3 is 5.32 Å². The van der Waals surface area contributed by atoms with Gasteiger partial charge in [0.05, 0.1) is 10.6 Å². The van der Waals surface area contributed by atoms with E-state index in [1.54, 1.807) is 0 Å². The second-order valence-electron chi connectivity index (χ2n) is 5.25. The fourth-order valence-corrected chi connectivity index (χ4v) is 4.51. The lowest BCUT2D eigenvalue weighted by molar-refractivity contribution is -0.120. The smallest absolute Gasteiger partial charge is 0.325 e. The first kappa shape index (κ1) is 18.5. The largest absolute Gasteiger partial charge is 0.431 e. The van der Waals surface area contributed by atoms with Gasteiger partial charge in [-0.2, -0.15) is 18.3 Å². The summed E-state index contributed by atoms with van der Waals surface area (Å²) in [6.45, 7) is -0.366. The predicted octanol–water partition coefficient (Wildman–Crippen LogP) is 0.346. The van der Waals surface area contributed by atoms with Crippen molar-refractivity contribution in [2.24, 2.45) is 10.2 Å². The van der Waals surface area contributed by atoms with Crippen LogP contribution in [0.3, 0.4) is 0 Å². The number of amides is 3. The van der Waals surface area contributed by atoms with Gasteiger partial charge >= 0.3 is 12.2 Å². The third-order valence-electron chi connectivity index (χ3n) is 3.42. The minimum atomic E-state index is -4.59. The normalized spacial score (nSPS) is 20.7. The number of sulfonamides is 1. The number of halogens is 3. The van der Waals surface area contributed by atoms with Crippen LogP contribution < -0.4 is 15.4 Å². The summed E-state index contributed by atoms with van der Waals surface area (Å²) in [4.78, 5) is 22.6. The Morgan fingerprint density at radius 2 is 2.00 bits per heavy atom. The number of thiophene rings is 1. The molecular weight excluding hydrogens is 399 g/mol. The molecule has 0 spiro atoms. The Morgan fingerprint density at radius 1 is 1.27 bits per heavy atom. The van der Waals surface area contributed by atoms with Crippen molar-refractivity contribution in [3.8, 4) is 0 Å². The van der Waals surface area contributed by atoms with E-state index >= 15 is 0 Å². The Hall–Kier alpha value is -2.32. The van der Waals surface area contributed by atoms with E-state index in [0.29, 0.717) is 0 Å². The Morgan fingerprint density at radius 3 is 2.58 bits per heavy atom. The molecule has 0 bridgehead atoms. The zero-order chi connectivity index (χ0) is 19.1. The molecule has 3 amide bonds. The summed E-state index contributed by atoms with van der Waals surface area (Å²) in [6.07, 6.45) is -5.13. The number of hydrogen-bond acceptors (Lipinski definition) is 7. The highest BCUT2D eigenvalue weighted by molar-refractivity contribution is 7.91. The summed E-state index contributed by atoms with van der Waals surface area (Å²) in [5.41, 5.74) is -1.03. The molecule has 1 unspecified atom stereocenters. The van der Waals surface area contributed by atoms with Gasteiger partial charge in [0.25, 0.3) is 5.91 Å². The zero-order valence-electron chi connectivity index (χ0n) is 12.6. The fourth-order valence-electron chi connectivity index (χ4n) is 2.13. The van der Waals surface area contributed by atoms with Gasteiger partial charge in [0.15, 0.2) is 0 Å². The van der Waals surface area contributed by atoms with E-state index < -0.39 is 46.3 Å². The first-order valence-electron chi connectivity index (χ1n) is 6.98. The number of nitrogens with one attached hydrogen (secondary N) is 3. The molecule has 0 aromatic carbocycles. The van der Waals surface area contributed by atoms with Crippen LogP contribution in [0.2, 0.25) is 0 Å². The minimum Gasteiger partial charge on any atom is -0.325 e. The van der Waals surface area contributed by atoms with Gasteiger partial charge in [0, 0.05) is 13.0 Å². The molecule has 2 aliphatic heterocycles. The number of rotatable bonds is 5. The average molecular weight is 409 g/mol. The highest BCUT2D eigenvalue weighted by Gasteiger charge is 2.39. The molecule has 14 heteroatoms. The third kappa shape index (κ3) is 3.76. The molecule has 1 aromatic heterocycles. The lowest BCUT2D eigenvalue weighted by Crippen LogP contribution is -2.41. The predicted molar refractivity (Wildman–Crippen MR) is 84.6 cm³/mol. The second-order valence-corrected chi connectivity index (χ2v) is 8.33. The maximum Gasteiger partial charge on any atom is 0.431 e. The molecule has 1 aromatic rings. The van der Waals surface area contributed by atoms with E-state index in [9.17, 15) is 31.2 Å². The standard InChI is InChI=1S/C12H10F3N5O4S2/c13-12(14,15)8-3-5(19-20-8)7-1-2-9(25-7)26(23,24)16-4-6-10(21)18-11(22)17-6/h1-2,6,16H,3-4H2,(H2,17,18,21,22). The monoisotopic (exact) mass is 409 g/mol. The van der Waals surface area contributed by atoms with Gasteiger partial charge in [-0.1, -0.05) is 0 Å². The van der Waals surface area contributed by atoms with Crippen LogP contribution in [0.5, 0.6) is 0 Å². The quantitative estimate of drug-likeness (QED) is 0.606. The molecule has 1 fully saturated rings. The highest BCUT2D eigenvalue weighted by Crippen LogP contribution is 2.28. The van der Waals surface area contributed by atoms with Crippen LogP contribution in [0.1, 0.15) is 11.3 Å². The highest BCUT2D eigenvalue weighted by atomic mass is 32.2. The summed E-state index contributed by atoms with van der Waals surface area (Å²) in [7, 11) is -4.02. The Bertz CT molecular complexity index is 935. The summed E-state index contributed by atoms with van der Waals surface area (Å²) >= 11 is 0.724. The number of hydrogen-bond donors (Lipinski definition) is 3. The molecule has 3 N–H and O–H groups in total. The summed E-state index contributed by atoms with van der Waals surface area (Å²) < 4.78 is 64.2. The summed E-state index contributed by atoms with van der Waals surface area (Å²) in [5.74, 6) is -0.665. The number of nitrogens with zero attached hydrogens (tertiary/aromatic N) is 2. The number of urea groups is 1. The van der Waals surface area contributed by atoms with E-state index in [0.717, 1.165) is 11.3 Å². The number of carbonyl (C=O) groups is 2. The topological polar surface area (TPSA) is 129 Å². The lowest BCUT2D eigenvalue weighted by atomic mass is 10.1. The molecule has 26 heavy (non-hydrogen) atoms. The van der Waals surface area contributed by atoms with E-state index in [1.165, 1.54) is 12.1 Å². The molecule has 0 radical (unpaired) electrons. The van der Waals surface area contributed by atoms with Crippen molar-refractivity contribution >= 4 is 44.7 Å². The summed E-state index contributed by atoms with van der Waals surface area (Å²) in [6, 6.07) is 0.775. The molecule has 1 atom stereocenters. The van der Waals surface area contributed by atoms with Crippen molar-refractivity contribution in [1.82, 2.24) is 15.4 Å². The van der Waals surface area contributed by atoms with Gasteiger partial charge in [0.1, 0.15) is 16.0 Å². The van der Waals surface area contributed by atoms with Crippen molar-refractivity contribution in [3.05, 3.63) is 17.0 Å². The number of carbonyl (C=O) groups excluding carboxylic acids is 2. The van der Waals surface area contributed by atoms with Gasteiger partial charge in [0.2, 0.25) is 10.0 Å². The molecule has 9 nitrogen and oxygen atoms in total. The van der Waals surface area contributed by atoms with Crippen molar-refractivity contribution in [2.45, 2.75) is 22.8 Å². The molecule has 3 rings (SSSR count). The average Bonchev–Trinajstić information content (AvgIpc) is 3.23. The first-order chi connectivity index (χ1) is 12.1. The Labute approximate surface area is 148 Å². The second kappa shape index (κ2) is 6.44. The Kier molecular flexibility index (Phi) is 4.58. The van der Waals surface area contributed by atoms with Crippen LogP contribution in [0.4, 0.5) is 18.0 Å². The molecule has 2 aliphatic rings. The van der Waals surface area contributed by atoms with Crippen molar-refractivity contribution in [2.75, 3.05) is 6.54 Å². The lowest BCUT2D eigenvalue weighted by Gasteiger charge is -2.08. The summed E-state index contributed by atoms with van der Waals surface area (Å²) in [5, 5.41) is 10.7. The van der Waals surface area contributed by atoms with Crippen molar-refractivity contribution < 1.29 is 31.2 Å². The zero-order valence-corrected chi connectivity index (χ0v) is 14.3. The van der Waals surface area contributed by atoms with E-state index in [4.69, 9.17) is 0 Å². The molecule has 0 saturated carbocycles. The van der Waals surface area contributed by atoms with Crippen LogP contribution in [-0.4, -0.2) is 50.5 Å². The maximum atomic E-state index is 12.6. The maximum absolute atomic E-state index is 12.6. The van der Waals surface area contributed by atoms with Gasteiger partial charge in [-0.3, -0.25) is 10.1 Å². The van der Waals surface area contributed by atoms with Gasteiger partial charge in [-0.25, -0.2) is 17.9 Å². The third-order valence-corrected chi connectivity index (χ3v) is 6.47. The van der Waals surface area contributed by atoms with Gasteiger partial charge in [-0.05, 0) is 12.1 Å². The molecule has 140 valence electrons. The van der Waals surface area contributed by atoms with Crippen molar-refractivity contribution in [1.29, 1.82) is 0 Å². The van der Waals surface area contributed by atoms with Crippen molar-refractivity contribution in [3.63, 3.8) is 0 Å². The van der Waals surface area contributed by atoms with E-state index in [1.807, 2.05) is 5.32 Å². The van der Waals surface area contributed by atoms with Crippen LogP contribution in [-0.2, 0) is 14.8 Å². The van der Waals surface area contributed by atoms with Crippen LogP contribution >= 0.6 is 11.3 Å². The first-order valence-corrected chi connectivity index (χ1v) is 9.28. The van der Waals surface area contributed by atoms with Crippen LogP contribution in [0, 0.1) is 0 Å². The number of alkyl halides is 3. The van der Waals surface area contributed by atoms with Gasteiger partial charge in [-0.15, -0.1) is 16.4 Å². The fraction of sp³-hybridized carbons (Fsp3) is 0.333. The Balaban J connectivity index is 1.66. The minimum absolute atomic E-state index is 0.0196. The van der Waals surface area contributed by atoms with E-state index in [2.05, 4.69) is 20.2 Å². The molecule has 3 heterocycles. The molecule has 1 saturated heterocycles. The molecule has 0 aliphatic carbocycles. The van der Waals surface area contributed by atoms with Crippen LogP contribution in [0.15, 0.2) is 26.5 Å². The van der Waals surface area contributed by atoms with E-state index in [-0.39, 0.29) is 21.3 Å². The van der Waals surface area contributed by atoms with Crippen LogP contribution in [0.25, 0.3) is 0 Å². The molecular formula is C12H10F3N5O4S2. The SMILES string of the molecule is O=C1NC(=O)C(CNS(=O)(=O)c2ccc(C3=NN=C(C(F)(F)F)C3)s2)N1.